The van der Waals surface area contributed by atoms with E-state index in [2.05, 4.69) is 21.2 Å². The van der Waals surface area contributed by atoms with Crippen LogP contribution in [-0.2, 0) is 4.79 Å². The van der Waals surface area contributed by atoms with Crippen LogP contribution in [0.3, 0.4) is 0 Å². The van der Waals surface area contributed by atoms with E-state index in [4.69, 9.17) is 10.8 Å². The van der Waals surface area contributed by atoms with Crippen LogP contribution in [0.25, 0.3) is 0 Å². The van der Waals surface area contributed by atoms with Crippen LogP contribution < -0.4 is 11.1 Å². The summed E-state index contributed by atoms with van der Waals surface area (Å²) in [7, 11) is 0. The Morgan fingerprint density at radius 3 is 2.67 bits per heavy atom. The Balaban J connectivity index is 2.13. The van der Waals surface area contributed by atoms with Crippen molar-refractivity contribution in [2.24, 2.45) is 17.6 Å². The molecular formula is C15H19BrN2O3. The summed E-state index contributed by atoms with van der Waals surface area (Å²) in [6, 6.07) is 4.66. The van der Waals surface area contributed by atoms with Crippen molar-refractivity contribution in [3.63, 3.8) is 0 Å². The standard InChI is InChI=1S/C15H19BrN2O3/c16-11-5-10(15(20)21)6-12(7-11)18-14(19)13-4-2-1-3-9(13)8-17/h5-7,9,13H,1-4,8,17H2,(H,18,19)(H,20,21). The van der Waals surface area contributed by atoms with Gasteiger partial charge < -0.3 is 16.2 Å². The number of carboxylic acid groups (broad SMARTS) is 1. The lowest BCUT2D eigenvalue weighted by molar-refractivity contribution is -0.122. The van der Waals surface area contributed by atoms with Crippen molar-refractivity contribution in [2.45, 2.75) is 25.7 Å². The van der Waals surface area contributed by atoms with E-state index in [9.17, 15) is 9.59 Å². The molecule has 1 amide bonds. The van der Waals surface area contributed by atoms with Gasteiger partial charge in [0.25, 0.3) is 0 Å². The Labute approximate surface area is 132 Å². The lowest BCUT2D eigenvalue weighted by Crippen LogP contribution is -2.35. The number of aromatic carboxylic acids is 1. The van der Waals surface area contributed by atoms with Gasteiger partial charge in [0.2, 0.25) is 5.91 Å². The van der Waals surface area contributed by atoms with Crippen molar-refractivity contribution in [3.05, 3.63) is 28.2 Å². The molecule has 1 saturated carbocycles. The number of benzene rings is 1. The van der Waals surface area contributed by atoms with E-state index in [-0.39, 0.29) is 23.3 Å². The largest absolute Gasteiger partial charge is 0.478 e. The third-order valence-corrected chi connectivity index (χ3v) is 4.42. The highest BCUT2D eigenvalue weighted by atomic mass is 79.9. The van der Waals surface area contributed by atoms with E-state index in [1.54, 1.807) is 6.07 Å². The van der Waals surface area contributed by atoms with Crippen LogP contribution in [-0.4, -0.2) is 23.5 Å². The second kappa shape index (κ2) is 7.04. The van der Waals surface area contributed by atoms with Crippen molar-refractivity contribution < 1.29 is 14.7 Å². The van der Waals surface area contributed by atoms with Crippen molar-refractivity contribution in [2.75, 3.05) is 11.9 Å². The summed E-state index contributed by atoms with van der Waals surface area (Å²) in [5.74, 6) is -0.968. The molecule has 0 radical (unpaired) electrons. The number of rotatable bonds is 4. The number of hydrogen-bond acceptors (Lipinski definition) is 3. The number of carboxylic acids is 1. The first-order valence-corrected chi connectivity index (χ1v) is 7.85. The summed E-state index contributed by atoms with van der Waals surface area (Å²) in [4.78, 5) is 23.4. The van der Waals surface area contributed by atoms with E-state index in [1.165, 1.54) is 12.1 Å². The normalized spacial score (nSPS) is 21.8. The summed E-state index contributed by atoms with van der Waals surface area (Å²) >= 11 is 3.26. The van der Waals surface area contributed by atoms with Gasteiger partial charge in [0.15, 0.2) is 0 Å². The molecule has 114 valence electrons. The Kier molecular flexibility index (Phi) is 5.36. The molecule has 0 saturated heterocycles. The van der Waals surface area contributed by atoms with Gasteiger partial charge in [-0.2, -0.15) is 0 Å². The van der Waals surface area contributed by atoms with Crippen LogP contribution in [0, 0.1) is 11.8 Å². The molecular weight excluding hydrogens is 336 g/mol. The van der Waals surface area contributed by atoms with Crippen molar-refractivity contribution in [1.82, 2.24) is 0 Å². The molecule has 0 heterocycles. The zero-order valence-electron chi connectivity index (χ0n) is 11.6. The van der Waals surface area contributed by atoms with Crippen molar-refractivity contribution in [1.29, 1.82) is 0 Å². The first kappa shape index (κ1) is 16.0. The molecule has 2 unspecified atom stereocenters. The van der Waals surface area contributed by atoms with Crippen LogP contribution >= 0.6 is 15.9 Å². The van der Waals surface area contributed by atoms with Crippen molar-refractivity contribution >= 4 is 33.5 Å². The zero-order chi connectivity index (χ0) is 15.4. The highest BCUT2D eigenvalue weighted by Gasteiger charge is 2.30. The van der Waals surface area contributed by atoms with Gasteiger partial charge in [-0.05, 0) is 43.5 Å². The van der Waals surface area contributed by atoms with Crippen molar-refractivity contribution in [3.8, 4) is 0 Å². The first-order chi connectivity index (χ1) is 10.0. The lowest BCUT2D eigenvalue weighted by atomic mass is 9.78. The maximum Gasteiger partial charge on any atom is 0.335 e. The topological polar surface area (TPSA) is 92.4 Å². The predicted octanol–water partition coefficient (Wildman–Crippen LogP) is 2.85. The van der Waals surface area contributed by atoms with Gasteiger partial charge in [-0.3, -0.25) is 4.79 Å². The fourth-order valence-corrected chi connectivity index (χ4v) is 3.35. The molecule has 21 heavy (non-hydrogen) atoms. The Morgan fingerprint density at radius 1 is 1.29 bits per heavy atom. The van der Waals surface area contributed by atoms with E-state index < -0.39 is 5.97 Å². The van der Waals surface area contributed by atoms with Crippen LogP contribution in [0.15, 0.2) is 22.7 Å². The lowest BCUT2D eigenvalue weighted by Gasteiger charge is -2.29. The number of nitrogens with two attached hydrogens (primary N) is 1. The molecule has 2 rings (SSSR count). The second-order valence-corrected chi connectivity index (χ2v) is 6.33. The first-order valence-electron chi connectivity index (χ1n) is 7.06. The molecule has 2 atom stereocenters. The van der Waals surface area contributed by atoms with E-state index >= 15 is 0 Å². The van der Waals surface area contributed by atoms with E-state index in [1.807, 2.05) is 0 Å². The molecule has 0 bridgehead atoms. The Bertz CT molecular complexity index is 548. The Morgan fingerprint density at radius 2 is 2.00 bits per heavy atom. The van der Waals surface area contributed by atoms with Gasteiger partial charge in [-0.1, -0.05) is 28.8 Å². The summed E-state index contributed by atoms with van der Waals surface area (Å²) in [5.41, 5.74) is 6.38. The second-order valence-electron chi connectivity index (χ2n) is 5.41. The van der Waals surface area contributed by atoms with E-state index in [0.717, 1.165) is 25.7 Å². The third-order valence-electron chi connectivity index (χ3n) is 3.96. The van der Waals surface area contributed by atoms with Gasteiger partial charge in [-0.15, -0.1) is 0 Å². The molecule has 4 N–H and O–H groups in total. The minimum absolute atomic E-state index is 0.0698. The Hall–Kier alpha value is -1.40. The molecule has 1 aliphatic rings. The minimum Gasteiger partial charge on any atom is -0.478 e. The number of amides is 1. The number of carbonyl (C=O) groups excluding carboxylic acids is 1. The maximum absolute atomic E-state index is 12.4. The highest BCUT2D eigenvalue weighted by molar-refractivity contribution is 9.10. The molecule has 0 spiro atoms. The quantitative estimate of drug-likeness (QED) is 0.774. The number of carbonyl (C=O) groups is 2. The fraction of sp³-hybridized carbons (Fsp3) is 0.467. The fourth-order valence-electron chi connectivity index (χ4n) is 2.86. The summed E-state index contributed by atoms with van der Waals surface area (Å²) < 4.78 is 0.622. The molecule has 1 aromatic carbocycles. The average molecular weight is 355 g/mol. The van der Waals surface area contributed by atoms with Gasteiger partial charge in [0.05, 0.1) is 5.56 Å². The summed E-state index contributed by atoms with van der Waals surface area (Å²) in [6.45, 7) is 0.511. The highest BCUT2D eigenvalue weighted by Crippen LogP contribution is 2.30. The van der Waals surface area contributed by atoms with Gasteiger partial charge in [0.1, 0.15) is 0 Å². The molecule has 1 aromatic rings. The molecule has 6 heteroatoms. The molecule has 5 nitrogen and oxygen atoms in total. The third kappa shape index (κ3) is 4.04. The number of anilines is 1. The van der Waals surface area contributed by atoms with Gasteiger partial charge in [-0.25, -0.2) is 4.79 Å². The average Bonchev–Trinajstić information content (AvgIpc) is 2.46. The van der Waals surface area contributed by atoms with Crippen LogP contribution in [0.5, 0.6) is 0 Å². The van der Waals surface area contributed by atoms with Gasteiger partial charge in [0, 0.05) is 16.1 Å². The van der Waals surface area contributed by atoms with Crippen LogP contribution in [0.2, 0.25) is 0 Å². The monoisotopic (exact) mass is 354 g/mol. The zero-order valence-corrected chi connectivity index (χ0v) is 13.2. The molecule has 0 aliphatic heterocycles. The van der Waals surface area contributed by atoms with E-state index in [0.29, 0.717) is 16.7 Å². The summed E-state index contributed by atoms with van der Waals surface area (Å²) in [5, 5.41) is 11.9. The summed E-state index contributed by atoms with van der Waals surface area (Å²) in [6.07, 6.45) is 3.97. The SMILES string of the molecule is NCC1CCCCC1C(=O)Nc1cc(Br)cc(C(=O)O)c1. The maximum atomic E-state index is 12.4. The predicted molar refractivity (Wildman–Crippen MR) is 84.2 cm³/mol. The van der Waals surface area contributed by atoms with Crippen LogP contribution in [0.1, 0.15) is 36.0 Å². The smallest absolute Gasteiger partial charge is 0.335 e. The van der Waals surface area contributed by atoms with Crippen LogP contribution in [0.4, 0.5) is 5.69 Å². The number of halogens is 1. The minimum atomic E-state index is -1.02. The number of hydrogen-bond donors (Lipinski definition) is 3. The molecule has 1 aliphatic carbocycles. The molecule has 0 aromatic heterocycles. The number of nitrogens with one attached hydrogen (secondary N) is 1. The van der Waals surface area contributed by atoms with Gasteiger partial charge >= 0.3 is 5.97 Å². The molecule has 1 fully saturated rings.